The summed E-state index contributed by atoms with van der Waals surface area (Å²) in [4.78, 5) is 0. The molecule has 0 aromatic rings. The predicted octanol–water partition coefficient (Wildman–Crippen LogP) is 3.53. The van der Waals surface area contributed by atoms with Crippen molar-refractivity contribution in [2.75, 3.05) is 6.61 Å². The maximum atomic E-state index is 5.97. The van der Waals surface area contributed by atoms with Gasteiger partial charge in [-0.15, -0.1) is 0 Å². The second-order valence-corrected chi connectivity index (χ2v) is 4.66. The zero-order valence-electron chi connectivity index (χ0n) is 8.63. The zero-order chi connectivity index (χ0) is 8.93. The molecule has 0 radical (unpaired) electrons. The van der Waals surface area contributed by atoms with Crippen LogP contribution >= 0.6 is 0 Å². The van der Waals surface area contributed by atoms with Crippen molar-refractivity contribution in [2.45, 2.75) is 63.9 Å². The predicted molar refractivity (Wildman–Crippen MR) is 54.8 cm³/mol. The summed E-state index contributed by atoms with van der Waals surface area (Å²) in [6.07, 6.45) is 13.3. The van der Waals surface area contributed by atoms with Crippen molar-refractivity contribution in [3.8, 4) is 0 Å². The van der Waals surface area contributed by atoms with Gasteiger partial charge in [0.15, 0.2) is 0 Å². The molecule has 1 heterocycles. The lowest BCUT2D eigenvalue weighted by Crippen LogP contribution is -2.27. The Hall–Kier alpha value is -0.0400. The molecule has 2 fully saturated rings. The van der Waals surface area contributed by atoms with Crippen LogP contribution in [0.2, 0.25) is 0 Å². The lowest BCUT2D eigenvalue weighted by molar-refractivity contribution is -0.0116. The summed E-state index contributed by atoms with van der Waals surface area (Å²) in [5, 5.41) is 0. The Balaban J connectivity index is 1.88. The minimum absolute atomic E-state index is 0.631. The second kappa shape index (κ2) is 4.99. The summed E-state index contributed by atoms with van der Waals surface area (Å²) in [7, 11) is 0. The van der Waals surface area contributed by atoms with E-state index in [0.717, 1.165) is 12.5 Å². The van der Waals surface area contributed by atoms with Gasteiger partial charge in [0.25, 0.3) is 0 Å². The van der Waals surface area contributed by atoms with Crippen LogP contribution in [0.15, 0.2) is 0 Å². The molecule has 76 valence electrons. The van der Waals surface area contributed by atoms with Gasteiger partial charge in [-0.05, 0) is 31.6 Å². The quantitative estimate of drug-likeness (QED) is 0.557. The van der Waals surface area contributed by atoms with E-state index in [9.17, 15) is 0 Å². The van der Waals surface area contributed by atoms with Crippen molar-refractivity contribution in [3.05, 3.63) is 0 Å². The molecule has 0 aromatic carbocycles. The number of ether oxygens (including phenoxy) is 1. The van der Waals surface area contributed by atoms with Crippen LogP contribution in [0.3, 0.4) is 0 Å². The Morgan fingerprint density at radius 3 is 2.31 bits per heavy atom. The van der Waals surface area contributed by atoms with Gasteiger partial charge in [0.05, 0.1) is 6.10 Å². The van der Waals surface area contributed by atoms with Crippen LogP contribution in [0.1, 0.15) is 57.8 Å². The minimum atomic E-state index is 0.631. The van der Waals surface area contributed by atoms with Crippen molar-refractivity contribution in [3.63, 3.8) is 0 Å². The number of hydrogen-bond acceptors (Lipinski definition) is 1. The van der Waals surface area contributed by atoms with Gasteiger partial charge in [0.1, 0.15) is 0 Å². The molecule has 2 aliphatic rings. The van der Waals surface area contributed by atoms with Crippen LogP contribution in [0.4, 0.5) is 0 Å². The zero-order valence-corrected chi connectivity index (χ0v) is 8.63. The smallest absolute Gasteiger partial charge is 0.0603 e. The summed E-state index contributed by atoms with van der Waals surface area (Å²) >= 11 is 0. The Morgan fingerprint density at radius 1 is 0.692 bits per heavy atom. The van der Waals surface area contributed by atoms with Crippen molar-refractivity contribution in [1.82, 2.24) is 0 Å². The van der Waals surface area contributed by atoms with Crippen LogP contribution in [-0.4, -0.2) is 12.7 Å². The van der Waals surface area contributed by atoms with Crippen LogP contribution in [-0.2, 0) is 4.74 Å². The molecule has 2 unspecified atom stereocenters. The largest absolute Gasteiger partial charge is 0.378 e. The first kappa shape index (κ1) is 9.51. The third-order valence-corrected chi connectivity index (χ3v) is 3.64. The lowest BCUT2D eigenvalue weighted by atomic mass is 9.83. The molecule has 2 rings (SSSR count). The van der Waals surface area contributed by atoms with E-state index in [1.54, 1.807) is 0 Å². The highest BCUT2D eigenvalue weighted by Crippen LogP contribution is 2.31. The van der Waals surface area contributed by atoms with Crippen LogP contribution < -0.4 is 0 Å². The third kappa shape index (κ3) is 2.70. The Labute approximate surface area is 81.9 Å². The number of hydrogen-bond donors (Lipinski definition) is 0. The fraction of sp³-hybridized carbons (Fsp3) is 1.00. The van der Waals surface area contributed by atoms with Crippen molar-refractivity contribution < 1.29 is 4.74 Å². The molecule has 1 saturated carbocycles. The first-order valence-corrected chi connectivity index (χ1v) is 6.08. The Bertz CT molecular complexity index is 128. The summed E-state index contributed by atoms with van der Waals surface area (Å²) in [5.74, 6) is 0.909. The maximum Gasteiger partial charge on any atom is 0.0603 e. The average molecular weight is 182 g/mol. The van der Waals surface area contributed by atoms with Crippen LogP contribution in [0.5, 0.6) is 0 Å². The monoisotopic (exact) mass is 182 g/mol. The van der Waals surface area contributed by atoms with Gasteiger partial charge < -0.3 is 4.74 Å². The number of fused-ring (bicyclic) bond motifs is 1. The molecule has 0 aromatic heterocycles. The molecule has 0 amide bonds. The summed E-state index contributed by atoms with van der Waals surface area (Å²) in [6, 6.07) is 0. The molecule has 13 heavy (non-hydrogen) atoms. The van der Waals surface area contributed by atoms with Gasteiger partial charge in [-0.25, -0.2) is 0 Å². The summed E-state index contributed by atoms with van der Waals surface area (Å²) in [5.41, 5.74) is 0. The van der Waals surface area contributed by atoms with Crippen LogP contribution in [0, 0.1) is 5.92 Å². The molecular formula is C12H22O. The maximum absolute atomic E-state index is 5.97. The van der Waals surface area contributed by atoms with Gasteiger partial charge >= 0.3 is 0 Å². The van der Waals surface area contributed by atoms with Gasteiger partial charge in [0.2, 0.25) is 0 Å². The molecule has 1 saturated heterocycles. The van der Waals surface area contributed by atoms with E-state index < -0.39 is 0 Å². The van der Waals surface area contributed by atoms with E-state index in [-0.39, 0.29) is 0 Å². The molecular weight excluding hydrogens is 160 g/mol. The van der Waals surface area contributed by atoms with Gasteiger partial charge in [-0.2, -0.15) is 0 Å². The molecule has 1 aliphatic heterocycles. The second-order valence-electron chi connectivity index (χ2n) is 4.66. The SMILES string of the molecule is C1CCCC2CCCCC2OCC1. The van der Waals surface area contributed by atoms with Gasteiger partial charge in [-0.3, -0.25) is 0 Å². The van der Waals surface area contributed by atoms with Crippen molar-refractivity contribution in [2.24, 2.45) is 5.92 Å². The van der Waals surface area contributed by atoms with Crippen LogP contribution in [0.25, 0.3) is 0 Å². The van der Waals surface area contributed by atoms with E-state index in [0.29, 0.717) is 6.10 Å². The summed E-state index contributed by atoms with van der Waals surface area (Å²) in [6.45, 7) is 1.03. The first-order valence-electron chi connectivity index (χ1n) is 6.08. The number of rotatable bonds is 0. The minimum Gasteiger partial charge on any atom is -0.378 e. The molecule has 0 N–H and O–H groups in total. The average Bonchev–Trinajstić information content (AvgIpc) is 2.28. The normalized spacial score (nSPS) is 36.9. The van der Waals surface area contributed by atoms with Gasteiger partial charge in [-0.1, -0.05) is 32.1 Å². The van der Waals surface area contributed by atoms with E-state index in [4.69, 9.17) is 4.74 Å². The van der Waals surface area contributed by atoms with Crippen molar-refractivity contribution >= 4 is 0 Å². The first-order chi connectivity index (χ1) is 6.47. The highest BCUT2D eigenvalue weighted by atomic mass is 16.5. The fourth-order valence-corrected chi connectivity index (χ4v) is 2.82. The molecule has 1 heteroatoms. The Morgan fingerprint density at radius 2 is 1.38 bits per heavy atom. The standard InChI is InChI=1S/C12H22O/c1-2-6-10-13-12-9-5-4-8-11(12)7-3-1/h11-12H,1-10H2. The summed E-state index contributed by atoms with van der Waals surface area (Å²) < 4.78 is 5.97. The topological polar surface area (TPSA) is 9.23 Å². The fourth-order valence-electron chi connectivity index (χ4n) is 2.82. The van der Waals surface area contributed by atoms with Gasteiger partial charge in [0, 0.05) is 6.61 Å². The molecule has 2 atom stereocenters. The molecule has 0 spiro atoms. The molecule has 1 nitrogen and oxygen atoms in total. The highest BCUT2D eigenvalue weighted by molar-refractivity contribution is 4.76. The van der Waals surface area contributed by atoms with E-state index in [2.05, 4.69) is 0 Å². The molecule has 1 aliphatic carbocycles. The van der Waals surface area contributed by atoms with E-state index in [1.807, 2.05) is 0 Å². The highest BCUT2D eigenvalue weighted by Gasteiger charge is 2.25. The Kier molecular flexibility index (Phi) is 3.65. The van der Waals surface area contributed by atoms with Crippen molar-refractivity contribution in [1.29, 1.82) is 0 Å². The lowest BCUT2D eigenvalue weighted by Gasteiger charge is -2.30. The van der Waals surface area contributed by atoms with E-state index >= 15 is 0 Å². The third-order valence-electron chi connectivity index (χ3n) is 3.64. The molecule has 0 bridgehead atoms. The van der Waals surface area contributed by atoms with E-state index in [1.165, 1.54) is 57.8 Å².